The molecule has 0 aliphatic rings. The average molecular weight is 220 g/mol. The number of nitrogen functional groups attached to an aromatic ring is 1. The normalized spacial score (nSPS) is 10.9. The Morgan fingerprint density at radius 1 is 1.62 bits per heavy atom. The highest BCUT2D eigenvalue weighted by Crippen LogP contribution is 2.20. The molecule has 0 fully saturated rings. The summed E-state index contributed by atoms with van der Waals surface area (Å²) in [7, 11) is 0. The van der Waals surface area contributed by atoms with Crippen LogP contribution in [0.3, 0.4) is 0 Å². The standard InChI is InChI=1S/C11H16N4O/c1-11(2,3-4-16)15-10-8(6-12)5-9(13)7-14-10/h5,7,16H,3-4,13H2,1-2H3,(H,14,15). The van der Waals surface area contributed by atoms with Crippen molar-refractivity contribution in [3.05, 3.63) is 17.8 Å². The molecule has 0 aliphatic heterocycles. The smallest absolute Gasteiger partial charge is 0.144 e. The molecule has 0 atom stereocenters. The molecule has 5 heteroatoms. The average Bonchev–Trinajstić information content (AvgIpc) is 2.20. The number of nitrogens with one attached hydrogen (secondary N) is 1. The van der Waals surface area contributed by atoms with Crippen LogP contribution < -0.4 is 11.1 Å². The SMILES string of the molecule is CC(C)(CCO)Nc1ncc(N)cc1C#N. The molecule has 1 aromatic heterocycles. The van der Waals surface area contributed by atoms with Gasteiger partial charge in [-0.1, -0.05) is 0 Å². The van der Waals surface area contributed by atoms with Crippen LogP contribution in [0.15, 0.2) is 12.3 Å². The van der Waals surface area contributed by atoms with Crippen LogP contribution >= 0.6 is 0 Å². The van der Waals surface area contributed by atoms with Crippen LogP contribution in [0.2, 0.25) is 0 Å². The van der Waals surface area contributed by atoms with Crippen molar-refractivity contribution in [2.75, 3.05) is 17.7 Å². The lowest BCUT2D eigenvalue weighted by molar-refractivity contribution is 0.260. The highest BCUT2D eigenvalue weighted by atomic mass is 16.3. The van der Waals surface area contributed by atoms with Crippen LogP contribution in [0.1, 0.15) is 25.8 Å². The van der Waals surface area contributed by atoms with E-state index in [-0.39, 0.29) is 12.1 Å². The van der Waals surface area contributed by atoms with E-state index in [2.05, 4.69) is 10.3 Å². The second-order valence-electron chi connectivity index (χ2n) is 4.26. The fraction of sp³-hybridized carbons (Fsp3) is 0.455. The molecule has 1 heterocycles. The van der Waals surface area contributed by atoms with Crippen LogP contribution in [0.25, 0.3) is 0 Å². The maximum Gasteiger partial charge on any atom is 0.144 e. The molecule has 0 aromatic carbocycles. The van der Waals surface area contributed by atoms with Crippen LogP contribution in [0, 0.1) is 11.3 Å². The Morgan fingerprint density at radius 3 is 2.88 bits per heavy atom. The number of aromatic nitrogens is 1. The Kier molecular flexibility index (Phi) is 3.69. The number of nitrogens with zero attached hydrogens (tertiary/aromatic N) is 2. The molecule has 86 valence electrons. The number of pyridine rings is 1. The van der Waals surface area contributed by atoms with E-state index in [1.165, 1.54) is 6.20 Å². The third-order valence-electron chi connectivity index (χ3n) is 2.22. The Balaban J connectivity index is 2.93. The van der Waals surface area contributed by atoms with E-state index in [1.807, 2.05) is 19.9 Å². The van der Waals surface area contributed by atoms with Crippen LogP contribution in [0.5, 0.6) is 0 Å². The number of rotatable bonds is 4. The summed E-state index contributed by atoms with van der Waals surface area (Å²) in [6.45, 7) is 3.95. The largest absolute Gasteiger partial charge is 0.397 e. The Morgan fingerprint density at radius 2 is 2.31 bits per heavy atom. The zero-order valence-corrected chi connectivity index (χ0v) is 9.49. The van der Waals surface area contributed by atoms with E-state index < -0.39 is 0 Å². The summed E-state index contributed by atoms with van der Waals surface area (Å²) >= 11 is 0. The van der Waals surface area contributed by atoms with Gasteiger partial charge < -0.3 is 16.2 Å². The molecular weight excluding hydrogens is 204 g/mol. The van der Waals surface area contributed by atoms with Gasteiger partial charge in [0.2, 0.25) is 0 Å². The third-order valence-corrected chi connectivity index (χ3v) is 2.22. The van der Waals surface area contributed by atoms with Crippen molar-refractivity contribution >= 4 is 11.5 Å². The molecule has 0 amide bonds. The number of anilines is 2. The molecule has 0 saturated carbocycles. The minimum atomic E-state index is -0.316. The van der Waals surface area contributed by atoms with Crippen molar-refractivity contribution in [1.82, 2.24) is 4.98 Å². The second kappa shape index (κ2) is 4.81. The first kappa shape index (κ1) is 12.3. The quantitative estimate of drug-likeness (QED) is 0.706. The van der Waals surface area contributed by atoms with Gasteiger partial charge in [-0.15, -0.1) is 0 Å². The van der Waals surface area contributed by atoms with Gasteiger partial charge in [-0.05, 0) is 26.3 Å². The van der Waals surface area contributed by atoms with E-state index in [1.54, 1.807) is 6.07 Å². The summed E-state index contributed by atoms with van der Waals surface area (Å²) in [6.07, 6.45) is 2.07. The Labute approximate surface area is 94.9 Å². The summed E-state index contributed by atoms with van der Waals surface area (Å²) in [5, 5.41) is 21.0. The lowest BCUT2D eigenvalue weighted by Crippen LogP contribution is -2.32. The van der Waals surface area contributed by atoms with Gasteiger partial charge in [-0.2, -0.15) is 5.26 Å². The van der Waals surface area contributed by atoms with Gasteiger partial charge >= 0.3 is 0 Å². The third kappa shape index (κ3) is 3.11. The number of hydrogen-bond acceptors (Lipinski definition) is 5. The van der Waals surface area contributed by atoms with Crippen molar-refractivity contribution in [2.24, 2.45) is 0 Å². The van der Waals surface area contributed by atoms with Crippen molar-refractivity contribution in [3.63, 3.8) is 0 Å². The molecule has 5 nitrogen and oxygen atoms in total. The molecule has 4 N–H and O–H groups in total. The highest BCUT2D eigenvalue weighted by molar-refractivity contribution is 5.58. The lowest BCUT2D eigenvalue weighted by atomic mass is 10.0. The molecule has 0 radical (unpaired) electrons. The lowest BCUT2D eigenvalue weighted by Gasteiger charge is -2.26. The minimum Gasteiger partial charge on any atom is -0.397 e. The van der Waals surface area contributed by atoms with E-state index in [9.17, 15) is 0 Å². The van der Waals surface area contributed by atoms with E-state index in [0.29, 0.717) is 23.5 Å². The minimum absolute atomic E-state index is 0.0802. The van der Waals surface area contributed by atoms with Crippen LogP contribution in [-0.4, -0.2) is 22.2 Å². The van der Waals surface area contributed by atoms with Crippen LogP contribution in [-0.2, 0) is 0 Å². The van der Waals surface area contributed by atoms with Gasteiger partial charge in [0.05, 0.1) is 17.4 Å². The number of nitriles is 1. The monoisotopic (exact) mass is 220 g/mol. The first-order chi connectivity index (χ1) is 7.48. The number of aliphatic hydroxyl groups is 1. The van der Waals surface area contributed by atoms with E-state index in [4.69, 9.17) is 16.1 Å². The van der Waals surface area contributed by atoms with Crippen LogP contribution in [0.4, 0.5) is 11.5 Å². The molecule has 1 aromatic rings. The van der Waals surface area contributed by atoms with Gasteiger partial charge in [-0.3, -0.25) is 0 Å². The topological polar surface area (TPSA) is 95.0 Å². The number of hydrogen-bond donors (Lipinski definition) is 3. The highest BCUT2D eigenvalue weighted by Gasteiger charge is 2.18. The number of nitrogens with two attached hydrogens (primary N) is 1. The molecule has 0 unspecified atom stereocenters. The summed E-state index contributed by atoms with van der Waals surface area (Å²) in [5.74, 6) is 0.496. The maximum atomic E-state index is 8.93. The summed E-state index contributed by atoms with van der Waals surface area (Å²) < 4.78 is 0. The Bertz CT molecular complexity index is 409. The fourth-order valence-electron chi connectivity index (χ4n) is 1.33. The first-order valence-electron chi connectivity index (χ1n) is 5.03. The van der Waals surface area contributed by atoms with Crippen molar-refractivity contribution in [3.8, 4) is 6.07 Å². The van der Waals surface area contributed by atoms with E-state index in [0.717, 1.165) is 0 Å². The van der Waals surface area contributed by atoms with Crippen molar-refractivity contribution in [1.29, 1.82) is 5.26 Å². The molecule has 0 aliphatic carbocycles. The van der Waals surface area contributed by atoms with E-state index >= 15 is 0 Å². The molecule has 0 spiro atoms. The van der Waals surface area contributed by atoms with Gasteiger partial charge in [0.25, 0.3) is 0 Å². The predicted octanol–water partition coefficient (Wildman–Crippen LogP) is 1.11. The zero-order valence-electron chi connectivity index (χ0n) is 9.49. The van der Waals surface area contributed by atoms with Gasteiger partial charge in [0.15, 0.2) is 0 Å². The first-order valence-corrected chi connectivity index (χ1v) is 5.03. The van der Waals surface area contributed by atoms with Gasteiger partial charge in [0.1, 0.15) is 11.9 Å². The molecule has 0 saturated heterocycles. The molecule has 1 rings (SSSR count). The van der Waals surface area contributed by atoms with Gasteiger partial charge in [0, 0.05) is 12.1 Å². The zero-order chi connectivity index (χ0) is 12.2. The number of aliphatic hydroxyl groups excluding tert-OH is 1. The molecule has 16 heavy (non-hydrogen) atoms. The summed E-state index contributed by atoms with van der Waals surface area (Å²) in [6, 6.07) is 3.61. The summed E-state index contributed by atoms with van der Waals surface area (Å²) in [4.78, 5) is 4.08. The molecular formula is C11H16N4O. The van der Waals surface area contributed by atoms with Crippen molar-refractivity contribution < 1.29 is 5.11 Å². The van der Waals surface area contributed by atoms with Gasteiger partial charge in [-0.25, -0.2) is 4.98 Å². The maximum absolute atomic E-state index is 8.93. The Hall–Kier alpha value is -1.80. The molecule has 0 bridgehead atoms. The summed E-state index contributed by atoms with van der Waals surface area (Å²) in [5.41, 5.74) is 6.10. The second-order valence-corrected chi connectivity index (χ2v) is 4.26. The van der Waals surface area contributed by atoms with Crippen molar-refractivity contribution in [2.45, 2.75) is 25.8 Å². The predicted molar refractivity (Wildman–Crippen MR) is 62.8 cm³/mol. The fourth-order valence-corrected chi connectivity index (χ4v) is 1.33.